The molecule has 0 aliphatic heterocycles. The summed E-state index contributed by atoms with van der Waals surface area (Å²) in [4.78, 5) is 0. The summed E-state index contributed by atoms with van der Waals surface area (Å²) in [5.41, 5.74) is 2.82. The Hall–Kier alpha value is -0.260. The van der Waals surface area contributed by atoms with Gasteiger partial charge in [-0.1, -0.05) is 32.9 Å². The lowest BCUT2D eigenvalue weighted by Gasteiger charge is -2.38. The van der Waals surface area contributed by atoms with Crippen molar-refractivity contribution in [3.8, 4) is 0 Å². The molecule has 0 nitrogen and oxygen atoms in total. The Balaban J connectivity index is 2.08. The van der Waals surface area contributed by atoms with E-state index in [0.717, 1.165) is 23.2 Å². The Morgan fingerprint density at radius 1 is 1.27 bits per heavy atom. The molecule has 3 aliphatic carbocycles. The topological polar surface area (TPSA) is 0 Å². The fourth-order valence-corrected chi connectivity index (χ4v) is 5.44. The zero-order valence-electron chi connectivity index (χ0n) is 10.5. The van der Waals surface area contributed by atoms with E-state index >= 15 is 0 Å². The van der Waals surface area contributed by atoms with Crippen LogP contribution in [0, 0.1) is 28.6 Å². The summed E-state index contributed by atoms with van der Waals surface area (Å²) in [7, 11) is 0. The molecule has 0 aromatic carbocycles. The number of hydrogen-bond donors (Lipinski definition) is 0. The summed E-state index contributed by atoms with van der Waals surface area (Å²) >= 11 is 0. The van der Waals surface area contributed by atoms with Crippen LogP contribution in [0.15, 0.2) is 12.2 Å². The molecule has 0 heteroatoms. The van der Waals surface area contributed by atoms with Gasteiger partial charge in [0, 0.05) is 0 Å². The van der Waals surface area contributed by atoms with Crippen molar-refractivity contribution in [3.05, 3.63) is 12.2 Å². The van der Waals surface area contributed by atoms with Crippen molar-refractivity contribution < 1.29 is 0 Å². The molecule has 2 bridgehead atoms. The van der Waals surface area contributed by atoms with Crippen molar-refractivity contribution in [1.82, 2.24) is 0 Å². The Labute approximate surface area is 94.1 Å². The van der Waals surface area contributed by atoms with Gasteiger partial charge in [-0.2, -0.15) is 0 Å². The van der Waals surface area contributed by atoms with Crippen molar-refractivity contribution in [3.63, 3.8) is 0 Å². The van der Waals surface area contributed by atoms with Crippen LogP contribution in [-0.4, -0.2) is 0 Å². The molecule has 0 N–H and O–H groups in total. The van der Waals surface area contributed by atoms with E-state index in [1.165, 1.54) is 32.1 Å². The minimum Gasteiger partial charge on any atom is -0.0996 e. The molecule has 3 fully saturated rings. The van der Waals surface area contributed by atoms with E-state index in [2.05, 4.69) is 27.4 Å². The smallest absolute Gasteiger partial charge is 0.0146 e. The summed E-state index contributed by atoms with van der Waals surface area (Å²) in [5.74, 6) is 2.79. The van der Waals surface area contributed by atoms with Crippen molar-refractivity contribution in [2.75, 3.05) is 0 Å². The summed E-state index contributed by atoms with van der Waals surface area (Å²) in [5, 5.41) is 0. The number of fused-ring (bicyclic) bond motifs is 1. The van der Waals surface area contributed by atoms with Crippen molar-refractivity contribution in [1.29, 1.82) is 0 Å². The van der Waals surface area contributed by atoms with E-state index < -0.39 is 0 Å². The number of hydrogen-bond acceptors (Lipinski definition) is 0. The highest BCUT2D eigenvalue weighted by atomic mass is 14.7. The van der Waals surface area contributed by atoms with E-state index in [1.807, 2.05) is 0 Å². The Morgan fingerprint density at radius 3 is 2.73 bits per heavy atom. The molecular weight excluding hydrogens is 180 g/mol. The molecule has 15 heavy (non-hydrogen) atoms. The van der Waals surface area contributed by atoms with E-state index in [9.17, 15) is 0 Å². The van der Waals surface area contributed by atoms with Crippen molar-refractivity contribution in [2.24, 2.45) is 28.6 Å². The first-order chi connectivity index (χ1) is 6.98. The highest BCUT2D eigenvalue weighted by molar-refractivity contribution is 5.23. The molecule has 3 aliphatic rings. The standard InChI is InChI=1S/C15H24/c1-10-7-8-15-9-12(10)14(3,4)13(15)6-5-11(15)2/h11-13H,1,5-9H2,2-4H3/t11-,12?,13+,15-/m1/s1. The zero-order valence-corrected chi connectivity index (χ0v) is 10.5. The fraction of sp³-hybridized carbons (Fsp3) is 0.867. The summed E-state index contributed by atoms with van der Waals surface area (Å²) in [6.45, 7) is 11.9. The molecule has 84 valence electrons. The molecular formula is C15H24. The van der Waals surface area contributed by atoms with Crippen LogP contribution in [0.4, 0.5) is 0 Å². The van der Waals surface area contributed by atoms with Gasteiger partial charge in [0.25, 0.3) is 0 Å². The average molecular weight is 204 g/mol. The van der Waals surface area contributed by atoms with Gasteiger partial charge >= 0.3 is 0 Å². The van der Waals surface area contributed by atoms with Gasteiger partial charge in [0.05, 0.1) is 0 Å². The van der Waals surface area contributed by atoms with Crippen LogP contribution in [-0.2, 0) is 0 Å². The van der Waals surface area contributed by atoms with Crippen molar-refractivity contribution in [2.45, 2.75) is 52.9 Å². The van der Waals surface area contributed by atoms with Crippen LogP contribution in [0.2, 0.25) is 0 Å². The van der Waals surface area contributed by atoms with Gasteiger partial charge in [0.1, 0.15) is 0 Å². The highest BCUT2D eigenvalue weighted by Gasteiger charge is 2.63. The van der Waals surface area contributed by atoms with Crippen LogP contribution in [0.3, 0.4) is 0 Å². The van der Waals surface area contributed by atoms with Crippen LogP contribution < -0.4 is 0 Å². The van der Waals surface area contributed by atoms with Crippen LogP contribution in [0.25, 0.3) is 0 Å². The summed E-state index contributed by atoms with van der Waals surface area (Å²) in [6.07, 6.45) is 7.18. The quantitative estimate of drug-likeness (QED) is 0.513. The van der Waals surface area contributed by atoms with Crippen molar-refractivity contribution >= 4 is 0 Å². The second-order valence-corrected chi connectivity index (χ2v) is 7.00. The maximum atomic E-state index is 4.34. The number of rotatable bonds is 0. The normalized spacial score (nSPS) is 51.9. The zero-order chi connectivity index (χ0) is 10.8. The second-order valence-electron chi connectivity index (χ2n) is 7.00. The van der Waals surface area contributed by atoms with Gasteiger partial charge in [0.2, 0.25) is 0 Å². The van der Waals surface area contributed by atoms with Crippen LogP contribution >= 0.6 is 0 Å². The molecule has 1 spiro atoms. The largest absolute Gasteiger partial charge is 0.0996 e. The summed E-state index contributed by atoms with van der Waals surface area (Å²) in [6, 6.07) is 0. The predicted molar refractivity (Wildman–Crippen MR) is 64.6 cm³/mol. The van der Waals surface area contributed by atoms with Gasteiger partial charge in [-0.25, -0.2) is 0 Å². The second kappa shape index (κ2) is 2.70. The molecule has 0 heterocycles. The predicted octanol–water partition coefficient (Wildman–Crippen LogP) is 4.42. The molecule has 3 saturated carbocycles. The molecule has 1 unspecified atom stereocenters. The third kappa shape index (κ3) is 0.990. The van der Waals surface area contributed by atoms with E-state index in [0.29, 0.717) is 5.41 Å². The Morgan fingerprint density at radius 2 is 2.00 bits per heavy atom. The number of allylic oxidation sites excluding steroid dienone is 1. The maximum Gasteiger partial charge on any atom is -0.0146 e. The lowest BCUT2D eigenvalue weighted by Crippen LogP contribution is -2.30. The van der Waals surface area contributed by atoms with Gasteiger partial charge in [-0.05, 0) is 60.7 Å². The van der Waals surface area contributed by atoms with E-state index in [-0.39, 0.29) is 0 Å². The lowest BCUT2D eigenvalue weighted by molar-refractivity contribution is 0.118. The lowest BCUT2D eigenvalue weighted by atomic mass is 9.67. The molecule has 0 saturated heterocycles. The molecule has 0 aromatic heterocycles. The summed E-state index contributed by atoms with van der Waals surface area (Å²) < 4.78 is 0. The Kier molecular flexibility index (Phi) is 1.79. The fourth-order valence-electron chi connectivity index (χ4n) is 5.44. The molecule has 3 rings (SSSR count). The maximum absolute atomic E-state index is 4.34. The molecule has 0 aromatic rings. The molecule has 0 radical (unpaired) electrons. The average Bonchev–Trinajstić information content (AvgIpc) is 2.57. The van der Waals surface area contributed by atoms with E-state index in [4.69, 9.17) is 0 Å². The minimum absolute atomic E-state index is 0.540. The van der Waals surface area contributed by atoms with Gasteiger partial charge < -0.3 is 0 Å². The molecule has 4 atom stereocenters. The van der Waals surface area contributed by atoms with E-state index in [1.54, 1.807) is 5.57 Å². The SMILES string of the molecule is C=C1CC[C@]23CC1C(C)(C)[C@@H]2CC[C@H]3C. The monoisotopic (exact) mass is 204 g/mol. The van der Waals surface area contributed by atoms with Gasteiger partial charge in [0.15, 0.2) is 0 Å². The minimum atomic E-state index is 0.540. The third-order valence-corrected chi connectivity index (χ3v) is 6.35. The van der Waals surface area contributed by atoms with Crippen LogP contribution in [0.5, 0.6) is 0 Å². The third-order valence-electron chi connectivity index (χ3n) is 6.35. The van der Waals surface area contributed by atoms with Gasteiger partial charge in [-0.3, -0.25) is 0 Å². The first-order valence-electron chi connectivity index (χ1n) is 6.66. The first-order valence-corrected chi connectivity index (χ1v) is 6.66. The highest BCUT2D eigenvalue weighted by Crippen LogP contribution is 2.72. The molecule has 0 amide bonds. The Bertz CT molecular complexity index is 312. The first kappa shape index (κ1) is 9.93. The van der Waals surface area contributed by atoms with Crippen LogP contribution in [0.1, 0.15) is 52.9 Å². The van der Waals surface area contributed by atoms with Gasteiger partial charge in [-0.15, -0.1) is 0 Å².